The van der Waals surface area contributed by atoms with E-state index in [2.05, 4.69) is 47.5 Å². The molecule has 0 saturated carbocycles. The molecule has 0 atom stereocenters. The molecule has 1 N–H and O–H groups in total. The average molecular weight is 231 g/mol. The molecule has 1 aromatic heterocycles. The van der Waals surface area contributed by atoms with E-state index in [1.165, 1.54) is 16.7 Å². The van der Waals surface area contributed by atoms with Crippen LogP contribution in [0.4, 0.5) is 0 Å². The molecule has 0 saturated heterocycles. The Morgan fingerprint density at radius 3 is 2.76 bits per heavy atom. The first-order valence-electron chi connectivity index (χ1n) is 5.71. The second-order valence-corrected chi connectivity index (χ2v) is 4.23. The first-order valence-corrected chi connectivity index (χ1v) is 5.71. The molecule has 0 fully saturated rings. The van der Waals surface area contributed by atoms with Gasteiger partial charge in [0.15, 0.2) is 5.82 Å². The van der Waals surface area contributed by atoms with Gasteiger partial charge in [-0.2, -0.15) is 4.98 Å². The van der Waals surface area contributed by atoms with Crippen LogP contribution in [-0.4, -0.2) is 17.2 Å². The van der Waals surface area contributed by atoms with Crippen molar-refractivity contribution in [2.24, 2.45) is 0 Å². The highest BCUT2D eigenvalue weighted by atomic mass is 16.5. The molecular weight excluding hydrogens is 214 g/mol. The van der Waals surface area contributed by atoms with Gasteiger partial charge in [0, 0.05) is 6.42 Å². The van der Waals surface area contributed by atoms with Crippen LogP contribution in [0.2, 0.25) is 0 Å². The Kier molecular flexibility index (Phi) is 3.54. The Labute approximate surface area is 101 Å². The molecule has 1 heterocycles. The maximum atomic E-state index is 5.11. The van der Waals surface area contributed by atoms with E-state index in [0.29, 0.717) is 18.9 Å². The number of rotatable bonds is 4. The van der Waals surface area contributed by atoms with Crippen molar-refractivity contribution < 1.29 is 4.52 Å². The molecule has 0 spiro atoms. The maximum Gasteiger partial charge on any atom is 0.240 e. The fourth-order valence-electron chi connectivity index (χ4n) is 1.68. The van der Waals surface area contributed by atoms with Gasteiger partial charge in [-0.15, -0.1) is 0 Å². The predicted molar refractivity (Wildman–Crippen MR) is 65.8 cm³/mol. The van der Waals surface area contributed by atoms with Gasteiger partial charge in [0.05, 0.1) is 6.54 Å². The third-order valence-electron chi connectivity index (χ3n) is 2.77. The molecular formula is C13H17N3O. The van der Waals surface area contributed by atoms with Gasteiger partial charge in [-0.25, -0.2) is 0 Å². The summed E-state index contributed by atoms with van der Waals surface area (Å²) in [5.41, 5.74) is 3.81. The lowest BCUT2D eigenvalue weighted by Gasteiger charge is -2.02. The van der Waals surface area contributed by atoms with Crippen LogP contribution in [0, 0.1) is 13.8 Å². The van der Waals surface area contributed by atoms with E-state index >= 15 is 0 Å². The lowest BCUT2D eigenvalue weighted by atomic mass is 10.0. The molecule has 90 valence electrons. The van der Waals surface area contributed by atoms with Crippen LogP contribution in [0.25, 0.3) is 0 Å². The number of hydrogen-bond donors (Lipinski definition) is 1. The zero-order valence-electron chi connectivity index (χ0n) is 10.4. The summed E-state index contributed by atoms with van der Waals surface area (Å²) in [7, 11) is 1.85. The monoisotopic (exact) mass is 231 g/mol. The normalized spacial score (nSPS) is 10.8. The molecule has 0 bridgehead atoms. The molecule has 2 aromatic rings. The van der Waals surface area contributed by atoms with Crippen LogP contribution in [-0.2, 0) is 13.0 Å². The molecule has 2 rings (SSSR count). The zero-order valence-corrected chi connectivity index (χ0v) is 10.4. The van der Waals surface area contributed by atoms with Crippen molar-refractivity contribution in [1.82, 2.24) is 15.5 Å². The minimum atomic E-state index is 0.611. The van der Waals surface area contributed by atoms with Crippen LogP contribution in [0.3, 0.4) is 0 Å². The number of benzene rings is 1. The second-order valence-electron chi connectivity index (χ2n) is 4.23. The molecule has 0 amide bonds. The van der Waals surface area contributed by atoms with Gasteiger partial charge < -0.3 is 9.84 Å². The predicted octanol–water partition coefficient (Wildman–Crippen LogP) is 2.00. The molecule has 0 radical (unpaired) electrons. The summed E-state index contributed by atoms with van der Waals surface area (Å²) >= 11 is 0. The van der Waals surface area contributed by atoms with Gasteiger partial charge in [-0.3, -0.25) is 0 Å². The molecule has 4 heteroatoms. The number of aromatic nitrogens is 2. The van der Waals surface area contributed by atoms with Gasteiger partial charge in [0.2, 0.25) is 5.89 Å². The number of aryl methyl sites for hydroxylation is 2. The Hall–Kier alpha value is -1.68. The van der Waals surface area contributed by atoms with Crippen molar-refractivity contribution >= 4 is 0 Å². The lowest BCUT2D eigenvalue weighted by Crippen LogP contribution is -2.05. The van der Waals surface area contributed by atoms with Gasteiger partial charge in [-0.05, 0) is 37.6 Å². The minimum Gasteiger partial charge on any atom is -0.338 e. The smallest absolute Gasteiger partial charge is 0.240 e. The summed E-state index contributed by atoms with van der Waals surface area (Å²) < 4.78 is 5.11. The van der Waals surface area contributed by atoms with Gasteiger partial charge in [0.25, 0.3) is 0 Å². The maximum absolute atomic E-state index is 5.11. The minimum absolute atomic E-state index is 0.611. The molecule has 0 aliphatic rings. The Morgan fingerprint density at radius 1 is 1.24 bits per heavy atom. The highest BCUT2D eigenvalue weighted by Gasteiger charge is 2.06. The van der Waals surface area contributed by atoms with E-state index in [9.17, 15) is 0 Å². The summed E-state index contributed by atoms with van der Waals surface area (Å²) in [6.07, 6.45) is 0.717. The van der Waals surface area contributed by atoms with E-state index in [1.807, 2.05) is 7.05 Å². The van der Waals surface area contributed by atoms with Crippen molar-refractivity contribution in [1.29, 1.82) is 0 Å². The standard InChI is InChI=1S/C13H17N3O/c1-9-4-5-11(6-10(9)2)7-12-15-13(8-14-3)17-16-12/h4-6,14H,7-8H2,1-3H3. The quantitative estimate of drug-likeness (QED) is 0.874. The Balaban J connectivity index is 2.11. The summed E-state index contributed by atoms with van der Waals surface area (Å²) in [6, 6.07) is 6.40. The fourth-order valence-corrected chi connectivity index (χ4v) is 1.68. The number of hydrogen-bond acceptors (Lipinski definition) is 4. The molecule has 0 unspecified atom stereocenters. The Morgan fingerprint density at radius 2 is 2.06 bits per heavy atom. The second kappa shape index (κ2) is 5.10. The number of nitrogens with one attached hydrogen (secondary N) is 1. The van der Waals surface area contributed by atoms with Crippen molar-refractivity contribution in [2.45, 2.75) is 26.8 Å². The van der Waals surface area contributed by atoms with E-state index < -0.39 is 0 Å². The molecule has 1 aromatic carbocycles. The SMILES string of the molecule is CNCc1nc(Cc2ccc(C)c(C)c2)no1. The fraction of sp³-hybridized carbons (Fsp3) is 0.385. The van der Waals surface area contributed by atoms with Gasteiger partial charge in [0.1, 0.15) is 0 Å². The van der Waals surface area contributed by atoms with Crippen LogP contribution in [0.1, 0.15) is 28.4 Å². The lowest BCUT2D eigenvalue weighted by molar-refractivity contribution is 0.367. The van der Waals surface area contributed by atoms with E-state index in [1.54, 1.807) is 0 Å². The first-order chi connectivity index (χ1) is 8.19. The zero-order chi connectivity index (χ0) is 12.3. The van der Waals surface area contributed by atoms with E-state index in [4.69, 9.17) is 4.52 Å². The largest absolute Gasteiger partial charge is 0.338 e. The topological polar surface area (TPSA) is 51.0 Å². The summed E-state index contributed by atoms with van der Waals surface area (Å²) in [4.78, 5) is 4.31. The molecule has 0 aliphatic heterocycles. The van der Waals surface area contributed by atoms with Crippen LogP contribution < -0.4 is 5.32 Å². The molecule has 4 nitrogen and oxygen atoms in total. The van der Waals surface area contributed by atoms with E-state index in [0.717, 1.165) is 5.82 Å². The summed E-state index contributed by atoms with van der Waals surface area (Å²) in [5.74, 6) is 1.37. The van der Waals surface area contributed by atoms with Gasteiger partial charge in [-0.1, -0.05) is 23.4 Å². The summed E-state index contributed by atoms with van der Waals surface area (Å²) in [6.45, 7) is 4.83. The summed E-state index contributed by atoms with van der Waals surface area (Å²) in [5, 5.41) is 6.94. The van der Waals surface area contributed by atoms with E-state index in [-0.39, 0.29) is 0 Å². The van der Waals surface area contributed by atoms with Crippen molar-refractivity contribution in [3.8, 4) is 0 Å². The van der Waals surface area contributed by atoms with Crippen LogP contribution >= 0.6 is 0 Å². The third-order valence-corrected chi connectivity index (χ3v) is 2.77. The van der Waals surface area contributed by atoms with Crippen molar-refractivity contribution in [3.05, 3.63) is 46.6 Å². The highest BCUT2D eigenvalue weighted by Crippen LogP contribution is 2.12. The highest BCUT2D eigenvalue weighted by molar-refractivity contribution is 5.31. The van der Waals surface area contributed by atoms with Crippen LogP contribution in [0.15, 0.2) is 22.7 Å². The Bertz CT molecular complexity index is 505. The van der Waals surface area contributed by atoms with Crippen molar-refractivity contribution in [3.63, 3.8) is 0 Å². The average Bonchev–Trinajstić information content (AvgIpc) is 2.72. The first kappa shape index (κ1) is 11.8. The molecule has 0 aliphatic carbocycles. The third kappa shape index (κ3) is 2.91. The van der Waals surface area contributed by atoms with Gasteiger partial charge >= 0.3 is 0 Å². The van der Waals surface area contributed by atoms with Crippen molar-refractivity contribution in [2.75, 3.05) is 7.05 Å². The number of nitrogens with zero attached hydrogens (tertiary/aromatic N) is 2. The van der Waals surface area contributed by atoms with Crippen LogP contribution in [0.5, 0.6) is 0 Å². The molecule has 17 heavy (non-hydrogen) atoms.